The molecule has 1 N–H and O–H groups in total. The molecule has 28 heavy (non-hydrogen) atoms. The Labute approximate surface area is 171 Å². The summed E-state index contributed by atoms with van der Waals surface area (Å²) in [5.41, 5.74) is 0.650. The SMILES string of the molecule is CCCOc1ccc(/C=C2\C(=O)NC(=O)N(c3ccc(Cl)c(Cl)c3)C2=O)cc1. The second kappa shape index (κ2) is 8.46. The molecule has 0 unspecified atom stereocenters. The van der Waals surface area contributed by atoms with Crippen LogP contribution in [0.2, 0.25) is 10.0 Å². The van der Waals surface area contributed by atoms with Gasteiger partial charge in [0, 0.05) is 0 Å². The highest BCUT2D eigenvalue weighted by Gasteiger charge is 2.36. The summed E-state index contributed by atoms with van der Waals surface area (Å²) in [6.07, 6.45) is 2.30. The van der Waals surface area contributed by atoms with Crippen molar-refractivity contribution in [2.75, 3.05) is 11.5 Å². The first kappa shape index (κ1) is 19.9. The van der Waals surface area contributed by atoms with Crippen molar-refractivity contribution in [1.29, 1.82) is 0 Å². The number of rotatable bonds is 5. The van der Waals surface area contributed by atoms with Gasteiger partial charge >= 0.3 is 6.03 Å². The summed E-state index contributed by atoms with van der Waals surface area (Å²) in [7, 11) is 0. The van der Waals surface area contributed by atoms with Crippen LogP contribution in [0.1, 0.15) is 18.9 Å². The van der Waals surface area contributed by atoms with Crippen molar-refractivity contribution in [2.24, 2.45) is 0 Å². The molecule has 1 aliphatic rings. The third-order valence-electron chi connectivity index (χ3n) is 3.93. The Bertz CT molecular complexity index is 971. The molecular formula is C20H16Cl2N2O4. The molecule has 3 rings (SSSR count). The molecular weight excluding hydrogens is 403 g/mol. The number of imide groups is 2. The lowest BCUT2D eigenvalue weighted by molar-refractivity contribution is -0.122. The van der Waals surface area contributed by atoms with Gasteiger partial charge in [0.15, 0.2) is 0 Å². The van der Waals surface area contributed by atoms with Crippen molar-refractivity contribution in [3.63, 3.8) is 0 Å². The zero-order chi connectivity index (χ0) is 20.3. The Morgan fingerprint density at radius 2 is 1.75 bits per heavy atom. The second-order valence-corrected chi connectivity index (χ2v) is 6.79. The molecule has 8 heteroatoms. The summed E-state index contributed by atoms with van der Waals surface area (Å²) < 4.78 is 5.51. The molecule has 1 heterocycles. The van der Waals surface area contributed by atoms with Crippen LogP contribution in [0.3, 0.4) is 0 Å². The predicted molar refractivity (Wildman–Crippen MR) is 108 cm³/mol. The van der Waals surface area contributed by atoms with E-state index < -0.39 is 17.8 Å². The minimum Gasteiger partial charge on any atom is -0.494 e. The Morgan fingerprint density at radius 3 is 2.39 bits per heavy atom. The maximum Gasteiger partial charge on any atom is 0.335 e. The van der Waals surface area contributed by atoms with E-state index in [1.807, 2.05) is 6.92 Å². The van der Waals surface area contributed by atoms with E-state index in [2.05, 4.69) is 5.32 Å². The molecule has 0 spiro atoms. The first-order chi connectivity index (χ1) is 13.4. The van der Waals surface area contributed by atoms with Crippen molar-refractivity contribution >= 4 is 52.8 Å². The third-order valence-corrected chi connectivity index (χ3v) is 4.67. The van der Waals surface area contributed by atoms with Crippen LogP contribution in [-0.4, -0.2) is 24.5 Å². The number of ether oxygens (including phenoxy) is 1. The normalized spacial score (nSPS) is 15.8. The summed E-state index contributed by atoms with van der Waals surface area (Å²) >= 11 is 11.9. The van der Waals surface area contributed by atoms with Crippen molar-refractivity contribution < 1.29 is 19.1 Å². The molecule has 0 radical (unpaired) electrons. The number of nitrogens with one attached hydrogen (secondary N) is 1. The van der Waals surface area contributed by atoms with E-state index in [9.17, 15) is 14.4 Å². The number of barbiturate groups is 1. The highest BCUT2D eigenvalue weighted by molar-refractivity contribution is 6.43. The highest BCUT2D eigenvalue weighted by atomic mass is 35.5. The quantitative estimate of drug-likeness (QED) is 0.574. The van der Waals surface area contributed by atoms with Gasteiger partial charge in [-0.2, -0.15) is 0 Å². The molecule has 1 aliphatic heterocycles. The van der Waals surface area contributed by atoms with E-state index in [0.29, 0.717) is 17.9 Å². The zero-order valence-electron chi connectivity index (χ0n) is 14.9. The number of hydrogen-bond acceptors (Lipinski definition) is 4. The van der Waals surface area contributed by atoms with Crippen molar-refractivity contribution in [1.82, 2.24) is 5.32 Å². The van der Waals surface area contributed by atoms with Crippen LogP contribution in [0.25, 0.3) is 6.08 Å². The van der Waals surface area contributed by atoms with Gasteiger partial charge in [0.05, 0.1) is 22.3 Å². The number of hydrogen-bond donors (Lipinski definition) is 1. The Morgan fingerprint density at radius 1 is 1.04 bits per heavy atom. The number of benzene rings is 2. The van der Waals surface area contributed by atoms with Gasteiger partial charge in [-0.25, -0.2) is 9.69 Å². The molecule has 6 nitrogen and oxygen atoms in total. The van der Waals surface area contributed by atoms with Gasteiger partial charge in [-0.05, 0) is 48.4 Å². The van der Waals surface area contributed by atoms with Crippen molar-refractivity contribution in [2.45, 2.75) is 13.3 Å². The maximum absolute atomic E-state index is 12.8. The highest BCUT2D eigenvalue weighted by Crippen LogP contribution is 2.29. The first-order valence-electron chi connectivity index (χ1n) is 8.50. The third kappa shape index (κ3) is 4.18. The van der Waals surface area contributed by atoms with E-state index in [-0.39, 0.29) is 21.3 Å². The summed E-state index contributed by atoms with van der Waals surface area (Å²) in [6, 6.07) is 10.4. The molecule has 0 saturated carbocycles. The molecule has 2 aromatic carbocycles. The largest absolute Gasteiger partial charge is 0.494 e. The van der Waals surface area contributed by atoms with Gasteiger partial charge in [-0.3, -0.25) is 14.9 Å². The van der Waals surface area contributed by atoms with Crippen LogP contribution < -0.4 is 15.0 Å². The Balaban J connectivity index is 1.91. The predicted octanol–water partition coefficient (Wildman–Crippen LogP) is 4.45. The van der Waals surface area contributed by atoms with Gasteiger partial charge < -0.3 is 4.74 Å². The number of carbonyl (C=O) groups excluding carboxylic acids is 3. The van der Waals surface area contributed by atoms with Crippen molar-refractivity contribution in [3.8, 4) is 5.75 Å². The van der Waals surface area contributed by atoms with Crippen LogP contribution in [0, 0.1) is 0 Å². The molecule has 0 atom stereocenters. The Hall–Kier alpha value is -2.83. The average molecular weight is 419 g/mol. The second-order valence-electron chi connectivity index (χ2n) is 5.97. The zero-order valence-corrected chi connectivity index (χ0v) is 16.4. The minimum absolute atomic E-state index is 0.173. The average Bonchev–Trinajstić information content (AvgIpc) is 2.67. The van der Waals surface area contributed by atoms with Crippen LogP contribution in [0.4, 0.5) is 10.5 Å². The molecule has 144 valence electrons. The summed E-state index contributed by atoms with van der Waals surface area (Å²) in [5, 5.41) is 2.63. The molecule has 1 fully saturated rings. The van der Waals surface area contributed by atoms with Crippen molar-refractivity contribution in [3.05, 3.63) is 63.6 Å². The molecule has 2 aromatic rings. The Kier molecular flexibility index (Phi) is 6.02. The fraction of sp³-hybridized carbons (Fsp3) is 0.150. The van der Waals surface area contributed by atoms with E-state index in [1.54, 1.807) is 24.3 Å². The van der Waals surface area contributed by atoms with E-state index in [0.717, 1.165) is 11.3 Å². The molecule has 0 bridgehead atoms. The molecule has 1 saturated heterocycles. The van der Waals surface area contributed by atoms with Gasteiger partial charge in [-0.15, -0.1) is 0 Å². The lowest BCUT2D eigenvalue weighted by atomic mass is 10.1. The standard InChI is InChI=1S/C20H16Cl2N2O4/c1-2-9-28-14-6-3-12(4-7-14)10-15-18(25)23-20(27)24(19(15)26)13-5-8-16(21)17(22)11-13/h3-8,10-11H,2,9H2,1H3,(H,23,25,27)/b15-10+. The fourth-order valence-corrected chi connectivity index (χ4v) is 2.86. The lowest BCUT2D eigenvalue weighted by Crippen LogP contribution is -2.54. The monoisotopic (exact) mass is 418 g/mol. The van der Waals surface area contributed by atoms with Gasteiger partial charge in [-0.1, -0.05) is 42.3 Å². The van der Waals surface area contributed by atoms with Crippen LogP contribution in [0.5, 0.6) is 5.75 Å². The maximum atomic E-state index is 12.8. The number of urea groups is 1. The number of anilines is 1. The van der Waals surface area contributed by atoms with Crippen LogP contribution in [0.15, 0.2) is 48.0 Å². The van der Waals surface area contributed by atoms with Gasteiger partial charge in [0.25, 0.3) is 11.8 Å². The topological polar surface area (TPSA) is 75.7 Å². The first-order valence-corrected chi connectivity index (χ1v) is 9.25. The number of nitrogens with zero attached hydrogens (tertiary/aromatic N) is 1. The van der Waals surface area contributed by atoms with Crippen LogP contribution >= 0.6 is 23.2 Å². The van der Waals surface area contributed by atoms with Gasteiger partial charge in [0.2, 0.25) is 0 Å². The smallest absolute Gasteiger partial charge is 0.335 e. The number of amides is 4. The lowest BCUT2D eigenvalue weighted by Gasteiger charge is -2.26. The number of halogens is 2. The summed E-state index contributed by atoms with van der Waals surface area (Å²) in [4.78, 5) is 38.1. The minimum atomic E-state index is -0.853. The van der Waals surface area contributed by atoms with Crippen LogP contribution in [-0.2, 0) is 9.59 Å². The fourth-order valence-electron chi connectivity index (χ4n) is 2.56. The summed E-state index contributed by atoms with van der Waals surface area (Å²) in [5.74, 6) is -0.827. The molecule has 0 aliphatic carbocycles. The number of carbonyl (C=O) groups is 3. The van der Waals surface area contributed by atoms with E-state index in [1.165, 1.54) is 24.3 Å². The molecule has 0 aromatic heterocycles. The van der Waals surface area contributed by atoms with Gasteiger partial charge in [0.1, 0.15) is 11.3 Å². The van der Waals surface area contributed by atoms with E-state index in [4.69, 9.17) is 27.9 Å². The van der Waals surface area contributed by atoms with E-state index >= 15 is 0 Å². The summed E-state index contributed by atoms with van der Waals surface area (Å²) in [6.45, 7) is 2.61. The molecule has 4 amide bonds.